The zero-order valence-electron chi connectivity index (χ0n) is 9.23. The summed E-state index contributed by atoms with van der Waals surface area (Å²) in [6, 6.07) is 0.996. The monoisotopic (exact) mass is 240 g/mol. The number of ether oxygens (including phenoxy) is 1. The number of carboxylic acids is 1. The Balaban J connectivity index is 2.32. The first-order valence-corrected chi connectivity index (χ1v) is 5.40. The third-order valence-corrected chi connectivity index (χ3v) is 2.59. The topological polar surface area (TPSA) is 62.7 Å². The maximum absolute atomic E-state index is 13.0. The molecule has 0 unspecified atom stereocenters. The van der Waals surface area contributed by atoms with E-state index in [9.17, 15) is 9.18 Å². The fraction of sp³-hybridized carbons (Fsp3) is 0.455. The Morgan fingerprint density at radius 3 is 3.06 bits per heavy atom. The van der Waals surface area contributed by atoms with Crippen LogP contribution in [0.5, 0.6) is 0 Å². The van der Waals surface area contributed by atoms with E-state index < -0.39 is 11.8 Å². The van der Waals surface area contributed by atoms with E-state index in [0.717, 1.165) is 18.7 Å². The van der Waals surface area contributed by atoms with Gasteiger partial charge in [0.2, 0.25) is 0 Å². The third-order valence-electron chi connectivity index (χ3n) is 2.59. The van der Waals surface area contributed by atoms with Crippen LogP contribution < -0.4 is 4.90 Å². The zero-order chi connectivity index (χ0) is 12.3. The van der Waals surface area contributed by atoms with Gasteiger partial charge < -0.3 is 14.7 Å². The molecule has 1 aliphatic heterocycles. The molecule has 0 spiro atoms. The molecular weight excluding hydrogens is 227 g/mol. The predicted molar refractivity (Wildman–Crippen MR) is 58.8 cm³/mol. The number of pyridine rings is 1. The molecule has 5 nitrogen and oxygen atoms in total. The van der Waals surface area contributed by atoms with Crippen LogP contribution in [-0.4, -0.2) is 42.4 Å². The lowest BCUT2D eigenvalue weighted by Crippen LogP contribution is -2.28. The molecule has 1 saturated heterocycles. The van der Waals surface area contributed by atoms with E-state index >= 15 is 0 Å². The molecule has 0 saturated carbocycles. The highest BCUT2D eigenvalue weighted by Gasteiger charge is 2.19. The molecule has 0 aromatic carbocycles. The van der Waals surface area contributed by atoms with E-state index in [2.05, 4.69) is 4.98 Å². The summed E-state index contributed by atoms with van der Waals surface area (Å²) in [6.45, 7) is 2.41. The molecule has 1 aromatic rings. The van der Waals surface area contributed by atoms with E-state index in [0.29, 0.717) is 32.1 Å². The molecule has 6 heteroatoms. The van der Waals surface area contributed by atoms with Crippen LogP contribution in [-0.2, 0) is 4.74 Å². The van der Waals surface area contributed by atoms with Crippen molar-refractivity contribution in [2.24, 2.45) is 0 Å². The van der Waals surface area contributed by atoms with Crippen molar-refractivity contribution in [2.75, 3.05) is 31.2 Å². The van der Waals surface area contributed by atoms with Crippen molar-refractivity contribution in [3.63, 3.8) is 0 Å². The molecule has 0 radical (unpaired) electrons. The third kappa shape index (κ3) is 2.71. The Kier molecular flexibility index (Phi) is 3.53. The number of hydrogen-bond acceptors (Lipinski definition) is 4. The number of aromatic carboxylic acids is 1. The highest BCUT2D eigenvalue weighted by Crippen LogP contribution is 2.19. The van der Waals surface area contributed by atoms with E-state index in [4.69, 9.17) is 9.84 Å². The number of nitrogens with zero attached hydrogens (tertiary/aromatic N) is 2. The van der Waals surface area contributed by atoms with Gasteiger partial charge in [0.25, 0.3) is 0 Å². The standard InChI is InChI=1S/C11H13FN2O3/c12-8-6-9(11(15)16)10(13-7-8)14-2-1-4-17-5-3-14/h6-7H,1-5H2,(H,15,16). The number of carboxylic acid groups (broad SMARTS) is 1. The summed E-state index contributed by atoms with van der Waals surface area (Å²) in [5.41, 5.74) is -0.105. The van der Waals surface area contributed by atoms with Crippen LogP contribution in [0.1, 0.15) is 16.8 Å². The number of halogens is 1. The van der Waals surface area contributed by atoms with Crippen molar-refractivity contribution in [1.29, 1.82) is 0 Å². The van der Waals surface area contributed by atoms with Gasteiger partial charge >= 0.3 is 5.97 Å². The quantitative estimate of drug-likeness (QED) is 0.840. The van der Waals surface area contributed by atoms with Crippen molar-refractivity contribution in [3.8, 4) is 0 Å². The Morgan fingerprint density at radius 2 is 2.29 bits per heavy atom. The lowest BCUT2D eigenvalue weighted by molar-refractivity contribution is 0.0696. The molecule has 1 aliphatic rings. The van der Waals surface area contributed by atoms with Gasteiger partial charge in [0, 0.05) is 19.7 Å². The van der Waals surface area contributed by atoms with Crippen molar-refractivity contribution >= 4 is 11.8 Å². The van der Waals surface area contributed by atoms with E-state index in [-0.39, 0.29) is 5.56 Å². The summed E-state index contributed by atoms with van der Waals surface area (Å²) in [6.07, 6.45) is 1.84. The fourth-order valence-electron chi connectivity index (χ4n) is 1.80. The van der Waals surface area contributed by atoms with Crippen LogP contribution in [0, 0.1) is 5.82 Å². The molecule has 1 N–H and O–H groups in total. The summed E-state index contributed by atoms with van der Waals surface area (Å²) in [5.74, 6) is -1.50. The molecular formula is C11H13FN2O3. The summed E-state index contributed by atoms with van der Waals surface area (Å²) >= 11 is 0. The van der Waals surface area contributed by atoms with Crippen molar-refractivity contribution in [2.45, 2.75) is 6.42 Å². The summed E-state index contributed by atoms with van der Waals surface area (Å²) < 4.78 is 18.3. The van der Waals surface area contributed by atoms with Crippen LogP contribution in [0.4, 0.5) is 10.2 Å². The first kappa shape index (κ1) is 11.8. The summed E-state index contributed by atoms with van der Waals surface area (Å²) in [7, 11) is 0. The number of aromatic nitrogens is 1. The lowest BCUT2D eigenvalue weighted by Gasteiger charge is -2.22. The normalized spacial score (nSPS) is 16.6. The van der Waals surface area contributed by atoms with Crippen LogP contribution in [0.2, 0.25) is 0 Å². The number of hydrogen-bond donors (Lipinski definition) is 1. The Bertz CT molecular complexity index is 417. The molecule has 0 bridgehead atoms. The van der Waals surface area contributed by atoms with Gasteiger partial charge in [-0.05, 0) is 12.5 Å². The minimum Gasteiger partial charge on any atom is -0.478 e. The molecule has 2 rings (SSSR count). The van der Waals surface area contributed by atoms with Crippen molar-refractivity contribution in [3.05, 3.63) is 23.6 Å². The first-order valence-electron chi connectivity index (χ1n) is 5.40. The van der Waals surface area contributed by atoms with Crippen LogP contribution in [0.25, 0.3) is 0 Å². The largest absolute Gasteiger partial charge is 0.478 e. The molecule has 0 amide bonds. The molecule has 2 heterocycles. The molecule has 17 heavy (non-hydrogen) atoms. The van der Waals surface area contributed by atoms with Crippen molar-refractivity contribution in [1.82, 2.24) is 4.98 Å². The van der Waals surface area contributed by atoms with Crippen LogP contribution >= 0.6 is 0 Å². The molecule has 1 fully saturated rings. The van der Waals surface area contributed by atoms with E-state index in [1.807, 2.05) is 4.90 Å². The zero-order valence-corrected chi connectivity index (χ0v) is 9.23. The summed E-state index contributed by atoms with van der Waals surface area (Å²) in [5, 5.41) is 9.03. The predicted octanol–water partition coefficient (Wildman–Crippen LogP) is 1.15. The number of anilines is 1. The average molecular weight is 240 g/mol. The Hall–Kier alpha value is -1.69. The Labute approximate surface area is 97.8 Å². The fourth-order valence-corrected chi connectivity index (χ4v) is 1.80. The van der Waals surface area contributed by atoms with Gasteiger partial charge in [0.15, 0.2) is 0 Å². The number of rotatable bonds is 2. The minimum absolute atomic E-state index is 0.105. The van der Waals surface area contributed by atoms with Gasteiger partial charge in [-0.2, -0.15) is 0 Å². The first-order chi connectivity index (χ1) is 8.18. The van der Waals surface area contributed by atoms with Gasteiger partial charge in [-0.3, -0.25) is 0 Å². The molecule has 1 aromatic heterocycles. The molecule has 0 aliphatic carbocycles. The Morgan fingerprint density at radius 1 is 1.47 bits per heavy atom. The average Bonchev–Trinajstić information content (AvgIpc) is 2.57. The summed E-state index contributed by atoms with van der Waals surface area (Å²) in [4.78, 5) is 16.7. The second-order valence-corrected chi connectivity index (χ2v) is 3.78. The highest BCUT2D eigenvalue weighted by molar-refractivity contribution is 5.93. The van der Waals surface area contributed by atoms with Gasteiger partial charge in [0.05, 0.1) is 12.8 Å². The maximum atomic E-state index is 13.0. The number of carbonyl (C=O) groups is 1. The van der Waals surface area contributed by atoms with Crippen LogP contribution in [0.15, 0.2) is 12.3 Å². The van der Waals surface area contributed by atoms with Gasteiger partial charge in [-0.1, -0.05) is 0 Å². The minimum atomic E-state index is -1.17. The van der Waals surface area contributed by atoms with Crippen LogP contribution in [0.3, 0.4) is 0 Å². The highest BCUT2D eigenvalue weighted by atomic mass is 19.1. The van der Waals surface area contributed by atoms with Gasteiger partial charge in [-0.15, -0.1) is 0 Å². The SMILES string of the molecule is O=C(O)c1cc(F)cnc1N1CCCOCC1. The van der Waals surface area contributed by atoms with E-state index in [1.54, 1.807) is 0 Å². The van der Waals surface area contributed by atoms with Gasteiger partial charge in [0.1, 0.15) is 17.2 Å². The molecule has 0 atom stereocenters. The van der Waals surface area contributed by atoms with Gasteiger partial charge in [-0.25, -0.2) is 14.2 Å². The lowest BCUT2D eigenvalue weighted by atomic mass is 10.2. The molecule has 92 valence electrons. The van der Waals surface area contributed by atoms with E-state index in [1.165, 1.54) is 0 Å². The second-order valence-electron chi connectivity index (χ2n) is 3.78. The smallest absolute Gasteiger partial charge is 0.339 e. The maximum Gasteiger partial charge on any atom is 0.339 e. The second kappa shape index (κ2) is 5.09. The van der Waals surface area contributed by atoms with Crippen molar-refractivity contribution < 1.29 is 19.0 Å².